The summed E-state index contributed by atoms with van der Waals surface area (Å²) in [6.07, 6.45) is 2.55. The van der Waals surface area contributed by atoms with Crippen molar-refractivity contribution in [3.63, 3.8) is 0 Å². The maximum atomic E-state index is 3.84. The second kappa shape index (κ2) is 6.70. The number of hydrogen-bond donors (Lipinski definition) is 2. The number of likely N-dealkylation sites (tertiary alicyclic amines) is 1. The van der Waals surface area contributed by atoms with Crippen molar-refractivity contribution in [2.45, 2.75) is 32.4 Å². The highest BCUT2D eigenvalue weighted by Crippen LogP contribution is 2.24. The molecule has 3 nitrogen and oxygen atoms in total. The van der Waals surface area contributed by atoms with Crippen molar-refractivity contribution < 1.29 is 0 Å². The fourth-order valence-corrected chi connectivity index (χ4v) is 3.55. The molecule has 0 saturated carbocycles. The van der Waals surface area contributed by atoms with Gasteiger partial charge in [-0.15, -0.1) is 0 Å². The van der Waals surface area contributed by atoms with Crippen molar-refractivity contribution >= 4 is 0 Å². The van der Waals surface area contributed by atoms with Gasteiger partial charge in [0.2, 0.25) is 0 Å². The Morgan fingerprint density at radius 3 is 3.05 bits per heavy atom. The quantitative estimate of drug-likeness (QED) is 0.880. The molecule has 2 N–H and O–H groups in total. The summed E-state index contributed by atoms with van der Waals surface area (Å²) in [7, 11) is 0. The lowest BCUT2D eigenvalue weighted by Crippen LogP contribution is -2.30. The fraction of sp³-hybridized carbons (Fsp3) is 0.647. The largest absolute Gasteiger partial charge is 0.313 e. The summed E-state index contributed by atoms with van der Waals surface area (Å²) in [5.41, 5.74) is 2.96. The normalized spacial score (nSPS) is 27.2. The van der Waals surface area contributed by atoms with Crippen LogP contribution < -0.4 is 10.6 Å². The molecule has 0 bridgehead atoms. The molecule has 1 aromatic rings. The summed E-state index contributed by atoms with van der Waals surface area (Å²) in [4.78, 5) is 2.56. The van der Waals surface area contributed by atoms with Gasteiger partial charge in [-0.2, -0.15) is 0 Å². The van der Waals surface area contributed by atoms with Crippen LogP contribution in [0.25, 0.3) is 0 Å². The Bertz CT molecular complexity index is 432. The fourth-order valence-electron chi connectivity index (χ4n) is 3.55. The van der Waals surface area contributed by atoms with E-state index in [2.05, 4.69) is 46.7 Å². The Morgan fingerprint density at radius 2 is 2.20 bits per heavy atom. The third kappa shape index (κ3) is 3.22. The minimum Gasteiger partial charge on any atom is -0.313 e. The second-order valence-electron chi connectivity index (χ2n) is 6.17. The van der Waals surface area contributed by atoms with Crippen LogP contribution in [0.4, 0.5) is 0 Å². The summed E-state index contributed by atoms with van der Waals surface area (Å²) >= 11 is 0. The third-order valence-electron chi connectivity index (χ3n) is 4.83. The molecule has 2 unspecified atom stereocenters. The van der Waals surface area contributed by atoms with E-state index in [1.54, 1.807) is 0 Å². The summed E-state index contributed by atoms with van der Waals surface area (Å²) in [6, 6.07) is 9.41. The van der Waals surface area contributed by atoms with Crippen LogP contribution in [0.15, 0.2) is 24.3 Å². The van der Waals surface area contributed by atoms with E-state index < -0.39 is 0 Å². The summed E-state index contributed by atoms with van der Waals surface area (Å²) in [5.74, 6) is 0.832. The maximum absolute atomic E-state index is 3.84. The molecule has 3 heteroatoms. The molecule has 2 atom stereocenters. The molecule has 0 aromatic heterocycles. The van der Waals surface area contributed by atoms with Gasteiger partial charge in [0.05, 0.1) is 0 Å². The Hall–Kier alpha value is -0.900. The molecule has 20 heavy (non-hydrogen) atoms. The van der Waals surface area contributed by atoms with Crippen LogP contribution in [0.1, 0.15) is 36.9 Å². The van der Waals surface area contributed by atoms with Gasteiger partial charge in [-0.05, 0) is 56.1 Å². The van der Waals surface area contributed by atoms with E-state index >= 15 is 0 Å². The van der Waals surface area contributed by atoms with Crippen LogP contribution in [0.3, 0.4) is 0 Å². The predicted molar refractivity (Wildman–Crippen MR) is 83.7 cm³/mol. The number of nitrogens with zero attached hydrogens (tertiary/aromatic N) is 1. The van der Waals surface area contributed by atoms with E-state index in [1.165, 1.54) is 43.6 Å². The van der Waals surface area contributed by atoms with E-state index in [0.29, 0.717) is 6.04 Å². The van der Waals surface area contributed by atoms with Crippen molar-refractivity contribution in [1.29, 1.82) is 0 Å². The second-order valence-corrected chi connectivity index (χ2v) is 6.17. The molecule has 0 amide bonds. The monoisotopic (exact) mass is 273 g/mol. The molecule has 2 aliphatic rings. The van der Waals surface area contributed by atoms with Crippen LogP contribution in [0.2, 0.25) is 0 Å². The zero-order chi connectivity index (χ0) is 13.8. The third-order valence-corrected chi connectivity index (χ3v) is 4.83. The Labute approximate surface area is 122 Å². The molecule has 0 aliphatic carbocycles. The number of fused-ring (bicyclic) bond motifs is 1. The van der Waals surface area contributed by atoms with Crippen molar-refractivity contribution in [3.8, 4) is 0 Å². The maximum Gasteiger partial charge on any atom is 0.0335 e. The van der Waals surface area contributed by atoms with Gasteiger partial charge in [-0.1, -0.05) is 31.2 Å². The molecule has 3 rings (SSSR count). The van der Waals surface area contributed by atoms with E-state index in [-0.39, 0.29) is 0 Å². The van der Waals surface area contributed by atoms with Crippen LogP contribution in [0, 0.1) is 5.92 Å². The minimum absolute atomic E-state index is 0.525. The van der Waals surface area contributed by atoms with E-state index in [1.807, 2.05) is 0 Å². The molecule has 1 saturated heterocycles. The van der Waals surface area contributed by atoms with Crippen molar-refractivity contribution in [2.75, 3.05) is 32.7 Å². The summed E-state index contributed by atoms with van der Waals surface area (Å²) < 4.78 is 0. The highest BCUT2D eigenvalue weighted by atomic mass is 15.1. The molecule has 0 spiro atoms. The zero-order valence-corrected chi connectivity index (χ0v) is 12.6. The average Bonchev–Trinajstić information content (AvgIpc) is 2.85. The highest BCUT2D eigenvalue weighted by Gasteiger charge is 2.23. The molecular formula is C17H27N3. The first-order chi connectivity index (χ1) is 9.86. The molecule has 110 valence electrons. The molecule has 2 aliphatic heterocycles. The molecular weight excluding hydrogens is 246 g/mol. The van der Waals surface area contributed by atoms with Gasteiger partial charge in [0.15, 0.2) is 0 Å². The summed E-state index contributed by atoms with van der Waals surface area (Å²) in [6.45, 7) is 9.31. The van der Waals surface area contributed by atoms with Crippen LogP contribution >= 0.6 is 0 Å². The zero-order valence-electron chi connectivity index (χ0n) is 12.6. The number of rotatable bonds is 4. The van der Waals surface area contributed by atoms with Gasteiger partial charge in [-0.3, -0.25) is 0 Å². The van der Waals surface area contributed by atoms with Crippen molar-refractivity contribution in [1.82, 2.24) is 15.5 Å². The van der Waals surface area contributed by atoms with E-state index in [9.17, 15) is 0 Å². The molecule has 0 radical (unpaired) electrons. The van der Waals surface area contributed by atoms with Crippen LogP contribution in [-0.2, 0) is 6.54 Å². The first-order valence-corrected chi connectivity index (χ1v) is 8.11. The molecule has 1 aromatic carbocycles. The minimum atomic E-state index is 0.525. The lowest BCUT2D eigenvalue weighted by molar-refractivity contribution is 0.334. The smallest absolute Gasteiger partial charge is 0.0335 e. The Morgan fingerprint density at radius 1 is 1.30 bits per heavy atom. The number of benzene rings is 1. The van der Waals surface area contributed by atoms with Gasteiger partial charge < -0.3 is 15.5 Å². The van der Waals surface area contributed by atoms with Gasteiger partial charge >= 0.3 is 0 Å². The molecule has 2 heterocycles. The van der Waals surface area contributed by atoms with Gasteiger partial charge in [0.25, 0.3) is 0 Å². The first kappa shape index (κ1) is 14.1. The standard InChI is InChI=1S/C17H27N3/c1-2-20-10-8-14(13-20)11-19-17-7-9-18-12-15-5-3-4-6-16(15)17/h3-6,14,17-19H,2,7-13H2,1H3. The molecule has 1 fully saturated rings. The highest BCUT2D eigenvalue weighted by molar-refractivity contribution is 5.31. The lowest BCUT2D eigenvalue weighted by Gasteiger charge is -2.21. The van der Waals surface area contributed by atoms with Crippen LogP contribution in [0.5, 0.6) is 0 Å². The van der Waals surface area contributed by atoms with E-state index in [0.717, 1.165) is 25.6 Å². The lowest BCUT2D eigenvalue weighted by atomic mass is 9.98. The predicted octanol–water partition coefficient (Wildman–Crippen LogP) is 2.15. The average molecular weight is 273 g/mol. The van der Waals surface area contributed by atoms with E-state index in [4.69, 9.17) is 0 Å². The Kier molecular flexibility index (Phi) is 4.71. The summed E-state index contributed by atoms with van der Waals surface area (Å²) in [5, 5.41) is 7.37. The van der Waals surface area contributed by atoms with Crippen molar-refractivity contribution in [2.24, 2.45) is 5.92 Å². The number of nitrogens with one attached hydrogen (secondary N) is 2. The topological polar surface area (TPSA) is 27.3 Å². The van der Waals surface area contributed by atoms with Crippen molar-refractivity contribution in [3.05, 3.63) is 35.4 Å². The van der Waals surface area contributed by atoms with Gasteiger partial charge in [0.1, 0.15) is 0 Å². The Balaban J connectivity index is 1.60. The van der Waals surface area contributed by atoms with Crippen LogP contribution in [-0.4, -0.2) is 37.6 Å². The first-order valence-electron chi connectivity index (χ1n) is 8.11. The van der Waals surface area contributed by atoms with Gasteiger partial charge in [0, 0.05) is 19.1 Å². The van der Waals surface area contributed by atoms with Gasteiger partial charge in [-0.25, -0.2) is 0 Å². The number of hydrogen-bond acceptors (Lipinski definition) is 3. The SMILES string of the molecule is CCN1CCC(CNC2CCNCc3ccccc32)C1.